The van der Waals surface area contributed by atoms with Crippen molar-refractivity contribution in [1.29, 1.82) is 0 Å². The average Bonchev–Trinajstić information content (AvgIpc) is 2.81. The largest absolute Gasteiger partial charge is 0.365 e. The normalized spacial score (nSPS) is 16.2. The Morgan fingerprint density at radius 3 is 2.79 bits per heavy atom. The number of hydrogen-bond donors (Lipinski definition) is 0. The molecule has 1 aromatic heterocycles. The topological polar surface area (TPSA) is 67.4 Å². The molecule has 128 valence electrons. The zero-order valence-electron chi connectivity index (χ0n) is 13.6. The summed E-state index contributed by atoms with van der Waals surface area (Å²) in [5.41, 5.74) is 1.76. The van der Waals surface area contributed by atoms with Crippen molar-refractivity contribution >= 4 is 23.0 Å². The molecule has 0 unspecified atom stereocenters. The first-order chi connectivity index (χ1) is 11.5. The lowest BCUT2D eigenvalue weighted by Crippen LogP contribution is -2.31. The van der Waals surface area contributed by atoms with Gasteiger partial charge in [-0.05, 0) is 24.6 Å². The van der Waals surface area contributed by atoms with Gasteiger partial charge in [0.15, 0.2) is 0 Å². The van der Waals surface area contributed by atoms with E-state index < -0.39 is 0 Å². The zero-order chi connectivity index (χ0) is 17.1. The standard InChI is InChI=1S/C16H20ClN5O2/c1-19-8-5-14(18-19)12-20-6-2-7-21(10-9-20)15-4-3-13(17)11-16(15)22(23)24/h3-5,8,11H,2,6-7,9-10,12H2,1H3. The predicted octanol–water partition coefficient (Wildman–Crippen LogP) is 2.69. The molecule has 2 aromatic rings. The summed E-state index contributed by atoms with van der Waals surface area (Å²) in [4.78, 5) is 15.4. The number of hydrogen-bond acceptors (Lipinski definition) is 5. The van der Waals surface area contributed by atoms with E-state index in [4.69, 9.17) is 11.6 Å². The van der Waals surface area contributed by atoms with Gasteiger partial charge in [0.2, 0.25) is 0 Å². The lowest BCUT2D eigenvalue weighted by molar-refractivity contribution is -0.384. The predicted molar refractivity (Wildman–Crippen MR) is 93.4 cm³/mol. The highest BCUT2D eigenvalue weighted by Crippen LogP contribution is 2.31. The van der Waals surface area contributed by atoms with Gasteiger partial charge in [-0.1, -0.05) is 11.6 Å². The number of aryl methyl sites for hydroxylation is 1. The number of nitrogens with zero attached hydrogens (tertiary/aromatic N) is 5. The van der Waals surface area contributed by atoms with Crippen LogP contribution in [0.5, 0.6) is 0 Å². The smallest absolute Gasteiger partial charge is 0.294 e. The van der Waals surface area contributed by atoms with Crippen LogP contribution < -0.4 is 4.90 Å². The van der Waals surface area contributed by atoms with Gasteiger partial charge in [-0.2, -0.15) is 5.10 Å². The molecule has 1 aromatic carbocycles. The monoisotopic (exact) mass is 349 g/mol. The Kier molecular flexibility index (Phi) is 5.01. The minimum absolute atomic E-state index is 0.0701. The lowest BCUT2D eigenvalue weighted by atomic mass is 10.2. The van der Waals surface area contributed by atoms with Crippen molar-refractivity contribution in [2.75, 3.05) is 31.1 Å². The second-order valence-electron chi connectivity index (χ2n) is 5.99. The number of halogens is 1. The van der Waals surface area contributed by atoms with Crippen LogP contribution in [0, 0.1) is 10.1 Å². The highest BCUT2D eigenvalue weighted by molar-refractivity contribution is 6.30. The molecule has 1 aliphatic heterocycles. The summed E-state index contributed by atoms with van der Waals surface area (Å²) < 4.78 is 1.80. The van der Waals surface area contributed by atoms with Crippen molar-refractivity contribution in [2.24, 2.45) is 7.05 Å². The van der Waals surface area contributed by atoms with Crippen LogP contribution in [0.15, 0.2) is 30.5 Å². The van der Waals surface area contributed by atoms with E-state index in [1.165, 1.54) is 6.07 Å². The number of nitro benzene ring substituents is 1. The number of nitro groups is 1. The molecule has 24 heavy (non-hydrogen) atoms. The van der Waals surface area contributed by atoms with E-state index >= 15 is 0 Å². The SMILES string of the molecule is Cn1ccc(CN2CCCN(c3ccc(Cl)cc3[N+](=O)[O-])CC2)n1. The third-order valence-corrected chi connectivity index (χ3v) is 4.45. The summed E-state index contributed by atoms with van der Waals surface area (Å²) in [6.45, 7) is 4.14. The van der Waals surface area contributed by atoms with Crippen LogP contribution >= 0.6 is 11.6 Å². The summed E-state index contributed by atoms with van der Waals surface area (Å²) in [6, 6.07) is 6.90. The Morgan fingerprint density at radius 2 is 2.08 bits per heavy atom. The molecular formula is C16H20ClN5O2. The third-order valence-electron chi connectivity index (χ3n) is 4.22. The molecule has 0 bridgehead atoms. The van der Waals surface area contributed by atoms with E-state index in [1.807, 2.05) is 19.3 Å². The van der Waals surface area contributed by atoms with Gasteiger partial charge in [0, 0.05) is 57.1 Å². The molecule has 0 N–H and O–H groups in total. The van der Waals surface area contributed by atoms with Crippen LogP contribution in [0.25, 0.3) is 0 Å². The lowest BCUT2D eigenvalue weighted by Gasteiger charge is -2.23. The molecule has 3 rings (SSSR count). The zero-order valence-corrected chi connectivity index (χ0v) is 14.3. The third kappa shape index (κ3) is 3.85. The Labute approximate surface area is 145 Å². The van der Waals surface area contributed by atoms with Gasteiger partial charge in [-0.15, -0.1) is 0 Å². The molecule has 0 atom stereocenters. The number of anilines is 1. The van der Waals surface area contributed by atoms with Gasteiger partial charge < -0.3 is 4.90 Å². The van der Waals surface area contributed by atoms with E-state index in [1.54, 1.807) is 16.8 Å². The van der Waals surface area contributed by atoms with Crippen LogP contribution in [0.3, 0.4) is 0 Å². The van der Waals surface area contributed by atoms with E-state index in [-0.39, 0.29) is 10.6 Å². The molecule has 2 heterocycles. The van der Waals surface area contributed by atoms with Crippen molar-refractivity contribution in [2.45, 2.75) is 13.0 Å². The molecule has 7 nitrogen and oxygen atoms in total. The summed E-state index contributed by atoms with van der Waals surface area (Å²) >= 11 is 5.91. The maximum atomic E-state index is 11.3. The summed E-state index contributed by atoms with van der Waals surface area (Å²) in [7, 11) is 1.91. The molecule has 1 saturated heterocycles. The molecule has 0 saturated carbocycles. The van der Waals surface area contributed by atoms with Crippen LogP contribution in [0.1, 0.15) is 12.1 Å². The van der Waals surface area contributed by atoms with Crippen molar-refractivity contribution in [3.63, 3.8) is 0 Å². The first-order valence-electron chi connectivity index (χ1n) is 7.93. The van der Waals surface area contributed by atoms with Crippen molar-refractivity contribution in [1.82, 2.24) is 14.7 Å². The van der Waals surface area contributed by atoms with Gasteiger partial charge in [0.05, 0.1) is 10.6 Å². The summed E-state index contributed by atoms with van der Waals surface area (Å²) in [5.74, 6) is 0. The minimum atomic E-state index is -0.363. The summed E-state index contributed by atoms with van der Waals surface area (Å²) in [5, 5.41) is 16.1. The van der Waals surface area contributed by atoms with Crippen molar-refractivity contribution in [3.05, 3.63) is 51.3 Å². The van der Waals surface area contributed by atoms with Crippen LogP contribution in [-0.4, -0.2) is 45.8 Å². The Hall–Kier alpha value is -2.12. The fourth-order valence-corrected chi connectivity index (χ4v) is 3.22. The number of benzene rings is 1. The van der Waals surface area contributed by atoms with Gasteiger partial charge in [0.1, 0.15) is 5.69 Å². The second-order valence-corrected chi connectivity index (χ2v) is 6.42. The number of aromatic nitrogens is 2. The summed E-state index contributed by atoms with van der Waals surface area (Å²) in [6.07, 6.45) is 2.89. The van der Waals surface area contributed by atoms with Crippen molar-refractivity contribution < 1.29 is 4.92 Å². The van der Waals surface area contributed by atoms with Gasteiger partial charge in [-0.25, -0.2) is 0 Å². The van der Waals surface area contributed by atoms with Gasteiger partial charge in [0.25, 0.3) is 5.69 Å². The average molecular weight is 350 g/mol. The van der Waals surface area contributed by atoms with E-state index in [2.05, 4.69) is 14.9 Å². The first-order valence-corrected chi connectivity index (χ1v) is 8.30. The maximum absolute atomic E-state index is 11.3. The quantitative estimate of drug-likeness (QED) is 0.627. The second kappa shape index (κ2) is 7.19. The molecule has 1 aliphatic rings. The fourth-order valence-electron chi connectivity index (χ4n) is 3.06. The maximum Gasteiger partial charge on any atom is 0.294 e. The molecular weight excluding hydrogens is 330 g/mol. The fraction of sp³-hybridized carbons (Fsp3) is 0.438. The van der Waals surface area contributed by atoms with Crippen LogP contribution in [-0.2, 0) is 13.6 Å². The van der Waals surface area contributed by atoms with Crippen LogP contribution in [0.2, 0.25) is 5.02 Å². The van der Waals surface area contributed by atoms with E-state index in [0.717, 1.165) is 44.8 Å². The van der Waals surface area contributed by atoms with E-state index in [9.17, 15) is 10.1 Å². The minimum Gasteiger partial charge on any atom is -0.365 e. The first kappa shape index (κ1) is 16.7. The molecule has 1 fully saturated rings. The van der Waals surface area contributed by atoms with Gasteiger partial charge >= 0.3 is 0 Å². The van der Waals surface area contributed by atoms with Crippen molar-refractivity contribution in [3.8, 4) is 0 Å². The number of rotatable bonds is 4. The van der Waals surface area contributed by atoms with E-state index in [0.29, 0.717) is 10.7 Å². The Balaban J connectivity index is 1.70. The highest BCUT2D eigenvalue weighted by Gasteiger charge is 2.22. The highest BCUT2D eigenvalue weighted by atomic mass is 35.5. The Morgan fingerprint density at radius 1 is 1.25 bits per heavy atom. The van der Waals surface area contributed by atoms with Gasteiger partial charge in [-0.3, -0.25) is 19.7 Å². The Bertz CT molecular complexity index is 733. The molecule has 0 radical (unpaired) electrons. The molecule has 0 amide bonds. The molecule has 0 aliphatic carbocycles. The molecule has 8 heteroatoms. The molecule has 0 spiro atoms. The van der Waals surface area contributed by atoms with Crippen LogP contribution in [0.4, 0.5) is 11.4 Å².